The van der Waals surface area contributed by atoms with Crippen LogP contribution in [0.15, 0.2) is 21.1 Å². The number of nitrogens with two attached hydrogens (primary N) is 1. The molecule has 3 N–H and O–H groups in total. The zero-order chi connectivity index (χ0) is 10.8. The number of nitrogens with one attached hydrogen (secondary N) is 1. The van der Waals surface area contributed by atoms with Gasteiger partial charge in [0.1, 0.15) is 0 Å². The Morgan fingerprint density at radius 1 is 1.40 bits per heavy atom. The van der Waals surface area contributed by atoms with Crippen molar-refractivity contribution in [3.05, 3.63) is 26.6 Å². The Kier molecular flexibility index (Phi) is 3.66. The first kappa shape index (κ1) is 11.4. The molecule has 0 radical (unpaired) electrons. The fourth-order valence-electron chi connectivity index (χ4n) is 1.66. The van der Waals surface area contributed by atoms with Gasteiger partial charge in [-0.05, 0) is 33.6 Å². The molecule has 1 aliphatic heterocycles. The van der Waals surface area contributed by atoms with Gasteiger partial charge >= 0.3 is 0 Å². The minimum absolute atomic E-state index is 0.188. The van der Waals surface area contributed by atoms with E-state index >= 15 is 0 Å². The van der Waals surface area contributed by atoms with Crippen molar-refractivity contribution in [3.63, 3.8) is 0 Å². The lowest BCUT2D eigenvalue weighted by molar-refractivity contribution is 0.0770. The van der Waals surface area contributed by atoms with E-state index in [4.69, 9.17) is 10.5 Å². The molecule has 3 nitrogen and oxygen atoms in total. The fraction of sp³-hybridized carbons (Fsp3) is 0.400. The molecule has 5 heteroatoms. The minimum atomic E-state index is 0.188. The molecular weight excluding hydrogens is 324 g/mol. The number of ether oxygens (including phenoxy) is 1. The Morgan fingerprint density at radius 2 is 2.20 bits per heavy atom. The van der Waals surface area contributed by atoms with E-state index in [1.807, 2.05) is 12.1 Å². The van der Waals surface area contributed by atoms with Crippen LogP contribution in [0.25, 0.3) is 0 Å². The van der Waals surface area contributed by atoms with E-state index in [9.17, 15) is 0 Å². The van der Waals surface area contributed by atoms with Gasteiger partial charge in [-0.1, -0.05) is 15.9 Å². The number of halogens is 2. The molecule has 1 atom stereocenters. The number of anilines is 1. The van der Waals surface area contributed by atoms with E-state index in [0.29, 0.717) is 6.61 Å². The number of hydrogen-bond acceptors (Lipinski definition) is 3. The molecule has 1 aromatic carbocycles. The third kappa shape index (κ3) is 2.53. The molecule has 0 saturated carbocycles. The van der Waals surface area contributed by atoms with Gasteiger partial charge in [-0.15, -0.1) is 0 Å². The van der Waals surface area contributed by atoms with Gasteiger partial charge in [-0.2, -0.15) is 0 Å². The molecule has 1 fully saturated rings. The van der Waals surface area contributed by atoms with E-state index in [0.717, 1.165) is 33.3 Å². The summed E-state index contributed by atoms with van der Waals surface area (Å²) in [6.45, 7) is 2.31. The summed E-state index contributed by atoms with van der Waals surface area (Å²) in [4.78, 5) is 0. The van der Waals surface area contributed by atoms with E-state index < -0.39 is 0 Å². The quantitative estimate of drug-likeness (QED) is 0.775. The summed E-state index contributed by atoms with van der Waals surface area (Å²) in [5.74, 6) is 0. The molecule has 1 aliphatic rings. The highest BCUT2D eigenvalue weighted by Crippen LogP contribution is 2.32. The third-order valence-electron chi connectivity index (χ3n) is 2.42. The van der Waals surface area contributed by atoms with E-state index in [1.165, 1.54) is 0 Å². The molecule has 0 unspecified atom stereocenters. The monoisotopic (exact) mass is 334 g/mol. The molecule has 2 rings (SSSR count). The maximum atomic E-state index is 6.02. The van der Waals surface area contributed by atoms with Crippen LogP contribution >= 0.6 is 31.9 Å². The number of benzene rings is 1. The second-order valence-electron chi connectivity index (χ2n) is 3.47. The summed E-state index contributed by atoms with van der Waals surface area (Å²) in [6.07, 6.45) is 0. The molecular formula is C10H12Br2N2O. The molecule has 0 bridgehead atoms. The van der Waals surface area contributed by atoms with Gasteiger partial charge in [0.25, 0.3) is 0 Å². The topological polar surface area (TPSA) is 47.3 Å². The molecule has 0 aromatic heterocycles. The van der Waals surface area contributed by atoms with Crippen molar-refractivity contribution in [3.8, 4) is 0 Å². The molecule has 1 saturated heterocycles. The lowest BCUT2D eigenvalue weighted by Gasteiger charge is -2.25. The van der Waals surface area contributed by atoms with Gasteiger partial charge in [0, 0.05) is 15.5 Å². The number of morpholine rings is 1. The van der Waals surface area contributed by atoms with Crippen molar-refractivity contribution >= 4 is 37.5 Å². The highest BCUT2D eigenvalue weighted by molar-refractivity contribution is 9.11. The standard InChI is InChI=1S/C10H12Br2N2O/c11-6-3-7(10(13)8(12)4-6)9-5-15-2-1-14-9/h3-4,9,14H,1-2,5,13H2/t9-/m0/s1. The average molecular weight is 336 g/mol. The van der Waals surface area contributed by atoms with E-state index in [-0.39, 0.29) is 6.04 Å². The smallest absolute Gasteiger partial charge is 0.0662 e. The van der Waals surface area contributed by atoms with Gasteiger partial charge in [-0.3, -0.25) is 0 Å². The van der Waals surface area contributed by atoms with Gasteiger partial charge in [0.05, 0.1) is 24.9 Å². The number of rotatable bonds is 1. The maximum absolute atomic E-state index is 6.02. The second kappa shape index (κ2) is 4.82. The number of nitrogen functional groups attached to an aromatic ring is 1. The van der Waals surface area contributed by atoms with Crippen LogP contribution in [0.1, 0.15) is 11.6 Å². The van der Waals surface area contributed by atoms with Crippen LogP contribution in [-0.4, -0.2) is 19.8 Å². The lowest BCUT2D eigenvalue weighted by Crippen LogP contribution is -2.35. The summed E-state index contributed by atoms with van der Waals surface area (Å²) in [7, 11) is 0. The highest BCUT2D eigenvalue weighted by Gasteiger charge is 2.19. The van der Waals surface area contributed by atoms with Crippen molar-refractivity contribution in [1.29, 1.82) is 0 Å². The Balaban J connectivity index is 2.33. The van der Waals surface area contributed by atoms with Gasteiger partial charge in [-0.25, -0.2) is 0 Å². The van der Waals surface area contributed by atoms with Gasteiger partial charge in [0.2, 0.25) is 0 Å². The van der Waals surface area contributed by atoms with Gasteiger partial charge in [0.15, 0.2) is 0 Å². The normalized spacial score (nSPS) is 21.6. The molecule has 0 spiro atoms. The van der Waals surface area contributed by atoms with Crippen molar-refractivity contribution in [1.82, 2.24) is 5.32 Å². The van der Waals surface area contributed by atoms with Crippen LogP contribution in [0.5, 0.6) is 0 Å². The van der Waals surface area contributed by atoms with Crippen LogP contribution in [0, 0.1) is 0 Å². The van der Waals surface area contributed by atoms with Crippen molar-refractivity contribution in [2.75, 3.05) is 25.5 Å². The van der Waals surface area contributed by atoms with Crippen LogP contribution in [-0.2, 0) is 4.74 Å². The predicted octanol–water partition coefficient (Wildman–Crippen LogP) is 2.45. The van der Waals surface area contributed by atoms with Crippen LogP contribution in [0.3, 0.4) is 0 Å². The molecule has 0 amide bonds. The Bertz CT molecular complexity index is 365. The summed E-state index contributed by atoms with van der Waals surface area (Å²) >= 11 is 6.90. The first-order valence-corrected chi connectivity index (χ1v) is 6.32. The minimum Gasteiger partial charge on any atom is -0.398 e. The summed E-state index contributed by atoms with van der Waals surface area (Å²) in [5.41, 5.74) is 7.88. The first-order chi connectivity index (χ1) is 7.18. The van der Waals surface area contributed by atoms with Gasteiger partial charge < -0.3 is 15.8 Å². The fourth-order valence-corrected chi connectivity index (χ4v) is 2.92. The summed E-state index contributed by atoms with van der Waals surface area (Å²) in [6, 6.07) is 4.17. The highest BCUT2D eigenvalue weighted by atomic mass is 79.9. The Morgan fingerprint density at radius 3 is 2.87 bits per heavy atom. The zero-order valence-electron chi connectivity index (χ0n) is 8.09. The van der Waals surface area contributed by atoms with Crippen LogP contribution in [0.4, 0.5) is 5.69 Å². The van der Waals surface area contributed by atoms with E-state index in [1.54, 1.807) is 0 Å². The van der Waals surface area contributed by atoms with Crippen LogP contribution < -0.4 is 11.1 Å². The lowest BCUT2D eigenvalue weighted by atomic mass is 10.0. The number of hydrogen-bond donors (Lipinski definition) is 2. The molecule has 1 heterocycles. The first-order valence-electron chi connectivity index (χ1n) is 4.74. The maximum Gasteiger partial charge on any atom is 0.0662 e. The van der Waals surface area contributed by atoms with Crippen molar-refractivity contribution in [2.45, 2.75) is 6.04 Å². The van der Waals surface area contributed by atoms with Crippen molar-refractivity contribution in [2.24, 2.45) is 0 Å². The zero-order valence-corrected chi connectivity index (χ0v) is 11.3. The predicted molar refractivity (Wildman–Crippen MR) is 67.8 cm³/mol. The largest absolute Gasteiger partial charge is 0.398 e. The average Bonchev–Trinajstić information content (AvgIpc) is 2.24. The van der Waals surface area contributed by atoms with E-state index in [2.05, 4.69) is 37.2 Å². The molecule has 1 aromatic rings. The Hall–Kier alpha value is -0.100. The SMILES string of the molecule is Nc1c(Br)cc(Br)cc1[C@@H]1COCCN1. The summed E-state index contributed by atoms with van der Waals surface area (Å²) < 4.78 is 7.36. The van der Waals surface area contributed by atoms with Crippen LogP contribution in [0.2, 0.25) is 0 Å². The third-order valence-corrected chi connectivity index (χ3v) is 3.54. The Labute approximate surface area is 106 Å². The summed E-state index contributed by atoms with van der Waals surface area (Å²) in [5, 5.41) is 3.38. The van der Waals surface area contributed by atoms with Crippen molar-refractivity contribution < 1.29 is 4.74 Å². The second-order valence-corrected chi connectivity index (χ2v) is 5.24. The molecule has 82 valence electrons. The molecule has 15 heavy (non-hydrogen) atoms. The molecule has 0 aliphatic carbocycles.